The monoisotopic (exact) mass is 441 g/mol. The highest BCUT2D eigenvalue weighted by Gasteiger charge is 2.36. The molecule has 2 aliphatic rings. The number of benzene rings is 3. The van der Waals surface area contributed by atoms with Gasteiger partial charge in [0.2, 0.25) is 0 Å². The molecule has 2 atom stereocenters. The molecule has 33 heavy (non-hydrogen) atoms. The summed E-state index contributed by atoms with van der Waals surface area (Å²) in [6.45, 7) is 1.22. The van der Waals surface area contributed by atoms with Gasteiger partial charge in [-0.1, -0.05) is 36.4 Å². The van der Waals surface area contributed by atoms with Gasteiger partial charge in [0.1, 0.15) is 0 Å². The van der Waals surface area contributed by atoms with Crippen molar-refractivity contribution in [2.45, 2.75) is 25.0 Å². The smallest absolute Gasteiger partial charge is 0.257 e. The lowest BCUT2D eigenvalue weighted by Gasteiger charge is -2.40. The van der Waals surface area contributed by atoms with E-state index in [-0.39, 0.29) is 18.6 Å². The molecule has 1 aromatic heterocycles. The Balaban J connectivity index is 1.45. The molecule has 168 valence electrons. The molecule has 3 aromatic carbocycles. The Kier molecular flexibility index (Phi) is 4.85. The van der Waals surface area contributed by atoms with Crippen LogP contribution in [0.5, 0.6) is 0 Å². The van der Waals surface area contributed by atoms with Crippen molar-refractivity contribution in [2.75, 3.05) is 25.2 Å². The lowest BCUT2D eigenvalue weighted by molar-refractivity contribution is -0.0563. The first-order valence-corrected chi connectivity index (χ1v) is 11.5. The Morgan fingerprint density at radius 3 is 2.76 bits per heavy atom. The van der Waals surface area contributed by atoms with E-state index >= 15 is 0 Å². The van der Waals surface area contributed by atoms with Crippen LogP contribution in [0.1, 0.15) is 27.9 Å². The number of hydrogen-bond acceptors (Lipinski definition) is 4. The summed E-state index contributed by atoms with van der Waals surface area (Å²) in [6, 6.07) is 18.7. The van der Waals surface area contributed by atoms with Crippen molar-refractivity contribution >= 4 is 33.3 Å². The zero-order chi connectivity index (χ0) is 22.5. The van der Waals surface area contributed by atoms with Gasteiger partial charge in [0.05, 0.1) is 36.7 Å². The summed E-state index contributed by atoms with van der Waals surface area (Å²) >= 11 is 0. The molecule has 1 fully saturated rings. The van der Waals surface area contributed by atoms with Gasteiger partial charge in [0.15, 0.2) is 0 Å². The lowest BCUT2D eigenvalue weighted by Crippen LogP contribution is -2.54. The number of rotatable bonds is 3. The van der Waals surface area contributed by atoms with Crippen molar-refractivity contribution in [3.05, 3.63) is 77.5 Å². The fraction of sp³-hybridized carbons (Fsp3) is 0.296. The minimum atomic E-state index is -0.665. The number of fused-ring (bicyclic) bond motifs is 4. The number of amides is 1. The van der Waals surface area contributed by atoms with E-state index in [1.807, 2.05) is 12.1 Å². The van der Waals surface area contributed by atoms with Crippen molar-refractivity contribution in [1.29, 1.82) is 0 Å². The van der Waals surface area contributed by atoms with E-state index in [0.717, 1.165) is 28.4 Å². The normalized spacial score (nSPS) is 20.8. The molecular weight excluding hydrogens is 414 g/mol. The number of anilines is 1. The average molecular weight is 442 g/mol. The highest BCUT2D eigenvalue weighted by Crippen LogP contribution is 2.36. The minimum Gasteiger partial charge on any atom is -0.389 e. The predicted octanol–water partition coefficient (Wildman–Crippen LogP) is 3.90. The van der Waals surface area contributed by atoms with Crippen molar-refractivity contribution in [1.82, 2.24) is 9.47 Å². The van der Waals surface area contributed by atoms with Gasteiger partial charge < -0.3 is 24.6 Å². The van der Waals surface area contributed by atoms with Crippen LogP contribution in [0, 0.1) is 0 Å². The molecule has 1 amide bonds. The van der Waals surface area contributed by atoms with Crippen LogP contribution in [0.25, 0.3) is 21.7 Å². The van der Waals surface area contributed by atoms with E-state index in [0.29, 0.717) is 25.3 Å². The standard InChI is InChI=1S/C27H27N3O3/c1-29-11-9-20-17(5-4-8-23(20)29)13-18-14-22-26(21-7-3-2-6-19(18)21)28-16-30(27(22)32)24-10-12-33-15-25(24)31/h2-9,11,14,24-25,28,31H,10,12-13,15-16H2,1H3/t24-,25-/m0/s1. The molecule has 6 nitrogen and oxygen atoms in total. The number of aromatic nitrogens is 1. The van der Waals surface area contributed by atoms with E-state index in [4.69, 9.17) is 4.74 Å². The molecule has 0 saturated carbocycles. The number of aliphatic hydroxyl groups is 1. The first-order chi connectivity index (χ1) is 16.1. The molecule has 4 aromatic rings. The SMILES string of the molecule is Cn1ccc2c(Cc3cc4c(c5ccccc35)NCN([C@H]3CCOC[C@@H]3O)C4=O)cccc21. The molecule has 0 spiro atoms. The summed E-state index contributed by atoms with van der Waals surface area (Å²) in [4.78, 5) is 15.4. The Hall–Kier alpha value is -3.35. The Labute approximate surface area is 192 Å². The first-order valence-electron chi connectivity index (χ1n) is 11.5. The molecule has 3 heterocycles. The first kappa shape index (κ1) is 20.3. The quantitative estimate of drug-likeness (QED) is 0.506. The Morgan fingerprint density at radius 2 is 1.91 bits per heavy atom. The maximum absolute atomic E-state index is 13.7. The highest BCUT2D eigenvalue weighted by atomic mass is 16.5. The lowest BCUT2D eigenvalue weighted by atomic mass is 9.91. The molecule has 0 bridgehead atoms. The highest BCUT2D eigenvalue weighted by molar-refractivity contribution is 6.11. The Morgan fingerprint density at radius 1 is 1.06 bits per heavy atom. The van der Waals surface area contributed by atoms with Gasteiger partial charge >= 0.3 is 0 Å². The van der Waals surface area contributed by atoms with E-state index in [1.165, 1.54) is 16.5 Å². The van der Waals surface area contributed by atoms with Crippen molar-refractivity contribution in [3.63, 3.8) is 0 Å². The number of carbonyl (C=O) groups is 1. The van der Waals surface area contributed by atoms with E-state index < -0.39 is 6.10 Å². The van der Waals surface area contributed by atoms with E-state index in [9.17, 15) is 9.90 Å². The van der Waals surface area contributed by atoms with Gasteiger partial charge in [-0.05, 0) is 47.6 Å². The topological polar surface area (TPSA) is 66.7 Å². The zero-order valence-electron chi connectivity index (χ0n) is 18.6. The van der Waals surface area contributed by atoms with Crippen LogP contribution in [0.4, 0.5) is 5.69 Å². The molecule has 2 aliphatic heterocycles. The molecule has 1 saturated heterocycles. The third kappa shape index (κ3) is 3.29. The zero-order valence-corrected chi connectivity index (χ0v) is 18.6. The fourth-order valence-corrected chi connectivity index (χ4v) is 5.41. The number of aryl methyl sites for hydroxylation is 1. The summed E-state index contributed by atoms with van der Waals surface area (Å²) in [5, 5.41) is 17.4. The molecule has 2 N–H and O–H groups in total. The number of carbonyl (C=O) groups excluding carboxylic acids is 1. The third-order valence-corrected chi connectivity index (χ3v) is 7.14. The van der Waals surface area contributed by atoms with Crippen LogP contribution in [0.15, 0.2) is 60.8 Å². The predicted molar refractivity (Wildman–Crippen MR) is 130 cm³/mol. The van der Waals surface area contributed by atoms with Crippen molar-refractivity contribution in [3.8, 4) is 0 Å². The molecule has 6 heteroatoms. The van der Waals surface area contributed by atoms with Crippen molar-refractivity contribution < 1.29 is 14.6 Å². The Bertz CT molecular complexity index is 1380. The minimum absolute atomic E-state index is 0.0281. The van der Waals surface area contributed by atoms with Crippen LogP contribution in [0.3, 0.4) is 0 Å². The van der Waals surface area contributed by atoms with Gasteiger partial charge in [-0.2, -0.15) is 0 Å². The van der Waals surface area contributed by atoms with Crippen LogP contribution in [-0.4, -0.2) is 52.5 Å². The summed E-state index contributed by atoms with van der Waals surface area (Å²) in [6.07, 6.45) is 2.80. The maximum atomic E-state index is 13.7. The van der Waals surface area contributed by atoms with Crippen molar-refractivity contribution in [2.24, 2.45) is 7.05 Å². The summed E-state index contributed by atoms with van der Waals surface area (Å²) in [7, 11) is 2.06. The average Bonchev–Trinajstić information content (AvgIpc) is 3.22. The second kappa shape index (κ2) is 7.90. The van der Waals surface area contributed by atoms with E-state index in [1.54, 1.807) is 4.90 Å². The van der Waals surface area contributed by atoms with Gasteiger partial charge in [-0.15, -0.1) is 0 Å². The van der Waals surface area contributed by atoms with Crippen LogP contribution in [-0.2, 0) is 18.2 Å². The van der Waals surface area contributed by atoms with Gasteiger partial charge in [0.25, 0.3) is 5.91 Å². The molecular formula is C27H27N3O3. The maximum Gasteiger partial charge on any atom is 0.257 e. The van der Waals surface area contributed by atoms with Gasteiger partial charge in [0, 0.05) is 36.1 Å². The summed E-state index contributed by atoms with van der Waals surface area (Å²) < 4.78 is 7.51. The fourth-order valence-electron chi connectivity index (χ4n) is 5.41. The largest absolute Gasteiger partial charge is 0.389 e. The number of hydrogen-bond donors (Lipinski definition) is 2. The number of nitrogens with one attached hydrogen (secondary N) is 1. The van der Waals surface area contributed by atoms with Gasteiger partial charge in [-0.25, -0.2) is 0 Å². The second-order valence-electron chi connectivity index (χ2n) is 9.07. The third-order valence-electron chi connectivity index (χ3n) is 7.14. The van der Waals surface area contributed by atoms with Crippen LogP contribution < -0.4 is 5.32 Å². The number of nitrogens with zero attached hydrogens (tertiary/aromatic N) is 2. The summed E-state index contributed by atoms with van der Waals surface area (Å²) in [5.41, 5.74) is 5.13. The molecule has 0 aliphatic carbocycles. The van der Waals surface area contributed by atoms with Gasteiger partial charge in [-0.3, -0.25) is 4.79 Å². The van der Waals surface area contributed by atoms with Crippen LogP contribution >= 0.6 is 0 Å². The number of ether oxygens (including phenoxy) is 1. The summed E-state index contributed by atoms with van der Waals surface area (Å²) in [5.74, 6) is -0.0281. The number of aliphatic hydroxyl groups excluding tert-OH is 1. The molecule has 0 unspecified atom stereocenters. The second-order valence-corrected chi connectivity index (χ2v) is 9.07. The molecule has 0 radical (unpaired) electrons. The van der Waals surface area contributed by atoms with Crippen LogP contribution in [0.2, 0.25) is 0 Å². The molecule has 6 rings (SSSR count). The van der Waals surface area contributed by atoms with E-state index in [2.05, 4.69) is 65.6 Å².